The van der Waals surface area contributed by atoms with Gasteiger partial charge in [0, 0.05) is 44.0 Å². The molecule has 1 fully saturated rings. The largest absolute Gasteiger partial charge is 0.393 e. The third-order valence-electron chi connectivity index (χ3n) is 6.38. The van der Waals surface area contributed by atoms with Crippen LogP contribution < -0.4 is 5.32 Å². The van der Waals surface area contributed by atoms with E-state index in [0.29, 0.717) is 25.2 Å². The van der Waals surface area contributed by atoms with Crippen molar-refractivity contribution >= 4 is 26.8 Å². The van der Waals surface area contributed by atoms with Crippen LogP contribution in [0.3, 0.4) is 0 Å². The number of hydrogen-bond donors (Lipinski definition) is 2. The van der Waals surface area contributed by atoms with Crippen molar-refractivity contribution in [2.45, 2.75) is 37.8 Å². The summed E-state index contributed by atoms with van der Waals surface area (Å²) in [6, 6.07) is 11.0. The molecule has 2 atom stereocenters. The molecule has 3 aromatic rings. The predicted molar refractivity (Wildman–Crippen MR) is 122 cm³/mol. The first-order valence-electron chi connectivity index (χ1n) is 10.7. The molecule has 2 N–H and O–H groups in total. The Morgan fingerprint density at radius 2 is 2.09 bits per heavy atom. The fourth-order valence-corrected chi connectivity index (χ4v) is 6.03. The number of pyridine rings is 1. The molecule has 8 nitrogen and oxygen atoms in total. The van der Waals surface area contributed by atoms with E-state index in [1.165, 1.54) is 10.4 Å². The first-order chi connectivity index (χ1) is 15.2. The molecule has 1 amide bonds. The minimum absolute atomic E-state index is 0.0771. The molecule has 0 saturated carbocycles. The topological polar surface area (TPSA) is 105 Å². The lowest BCUT2D eigenvalue weighted by Crippen LogP contribution is -2.30. The van der Waals surface area contributed by atoms with E-state index in [-0.39, 0.29) is 29.0 Å². The lowest BCUT2D eigenvalue weighted by molar-refractivity contribution is 0.0942. The molecule has 0 radical (unpaired) electrons. The molecule has 32 heavy (non-hydrogen) atoms. The van der Waals surface area contributed by atoms with Crippen LogP contribution in [0.4, 0.5) is 0 Å². The second kappa shape index (κ2) is 8.65. The van der Waals surface area contributed by atoms with Crippen LogP contribution >= 0.6 is 0 Å². The summed E-state index contributed by atoms with van der Waals surface area (Å²) in [5, 5.41) is 13.7. The van der Waals surface area contributed by atoms with Crippen molar-refractivity contribution in [1.29, 1.82) is 0 Å². The zero-order chi connectivity index (χ0) is 23.0. The average Bonchev–Trinajstić information content (AvgIpc) is 3.39. The molecule has 0 aliphatic carbocycles. The molecule has 0 spiro atoms. The second-order valence-corrected chi connectivity index (χ2v) is 10.3. The van der Waals surface area contributed by atoms with Crippen molar-refractivity contribution in [1.82, 2.24) is 19.2 Å². The molecule has 3 heterocycles. The molecule has 2 unspecified atom stereocenters. The zero-order valence-corrected chi connectivity index (χ0v) is 19.3. The molecule has 4 rings (SSSR count). The van der Waals surface area contributed by atoms with Crippen LogP contribution in [0.25, 0.3) is 10.9 Å². The number of amides is 1. The van der Waals surface area contributed by atoms with Gasteiger partial charge < -0.3 is 15.0 Å². The van der Waals surface area contributed by atoms with E-state index in [1.54, 1.807) is 31.7 Å². The Kier molecular flexibility index (Phi) is 6.07. The third-order valence-corrected chi connectivity index (χ3v) is 8.36. The van der Waals surface area contributed by atoms with Crippen molar-refractivity contribution in [3.63, 3.8) is 0 Å². The standard InChI is InChI=1S/C23H28N4O4S/c1-15-22(32(30,31)27-11-9-18(14-27)16(2)28)12-21(26(15)3)23(29)25-13-17-6-4-8-20-19(17)7-5-10-24-20/h4-8,10,12,16,18,28H,9,11,13-14H2,1-3H3,(H,25,29). The highest BCUT2D eigenvalue weighted by atomic mass is 32.2. The summed E-state index contributed by atoms with van der Waals surface area (Å²) in [7, 11) is -2.07. The Balaban J connectivity index is 1.55. The van der Waals surface area contributed by atoms with E-state index in [0.717, 1.165) is 16.5 Å². The molecular weight excluding hydrogens is 428 g/mol. The number of aromatic nitrogens is 2. The van der Waals surface area contributed by atoms with Crippen LogP contribution in [0.2, 0.25) is 0 Å². The van der Waals surface area contributed by atoms with Crippen molar-refractivity contribution in [3.8, 4) is 0 Å². The Labute approximate surface area is 187 Å². The summed E-state index contributed by atoms with van der Waals surface area (Å²) in [4.78, 5) is 17.4. The Morgan fingerprint density at radius 3 is 2.81 bits per heavy atom. The SMILES string of the molecule is Cc1c(S(=O)(=O)N2CCC(C(C)O)C2)cc(C(=O)NCc2cccc3ncccc23)n1C. The van der Waals surface area contributed by atoms with Crippen molar-refractivity contribution in [2.24, 2.45) is 13.0 Å². The fraction of sp³-hybridized carbons (Fsp3) is 0.391. The number of carbonyl (C=O) groups excluding carboxylic acids is 1. The van der Waals surface area contributed by atoms with Gasteiger partial charge in [-0.15, -0.1) is 0 Å². The minimum Gasteiger partial charge on any atom is -0.393 e. The first-order valence-corrected chi connectivity index (χ1v) is 12.1. The molecule has 9 heteroatoms. The van der Waals surface area contributed by atoms with Gasteiger partial charge in [-0.2, -0.15) is 4.31 Å². The van der Waals surface area contributed by atoms with Crippen LogP contribution in [0.5, 0.6) is 0 Å². The summed E-state index contributed by atoms with van der Waals surface area (Å²) < 4.78 is 29.5. The Bertz CT molecular complexity index is 1260. The number of aliphatic hydroxyl groups excluding tert-OH is 1. The number of aliphatic hydroxyl groups is 1. The van der Waals surface area contributed by atoms with Gasteiger partial charge in [-0.1, -0.05) is 18.2 Å². The fourth-order valence-electron chi connectivity index (χ4n) is 4.24. The number of hydrogen-bond acceptors (Lipinski definition) is 5. The number of nitrogens with zero attached hydrogens (tertiary/aromatic N) is 3. The number of carbonyl (C=O) groups is 1. The lowest BCUT2D eigenvalue weighted by atomic mass is 10.0. The third kappa shape index (κ3) is 4.03. The normalized spacial score (nSPS) is 18.2. The van der Waals surface area contributed by atoms with E-state index in [1.807, 2.05) is 30.3 Å². The molecule has 1 aliphatic rings. The number of sulfonamides is 1. The van der Waals surface area contributed by atoms with Gasteiger partial charge in [0.05, 0.1) is 11.6 Å². The number of fused-ring (bicyclic) bond motifs is 1. The van der Waals surface area contributed by atoms with Gasteiger partial charge in [0.2, 0.25) is 10.0 Å². The van der Waals surface area contributed by atoms with E-state index in [4.69, 9.17) is 0 Å². The van der Waals surface area contributed by atoms with E-state index < -0.39 is 16.1 Å². The van der Waals surface area contributed by atoms with Crippen LogP contribution in [0.15, 0.2) is 47.5 Å². The van der Waals surface area contributed by atoms with Crippen LogP contribution in [0.1, 0.15) is 35.1 Å². The molecule has 170 valence electrons. The average molecular weight is 457 g/mol. The molecule has 1 aromatic carbocycles. The highest BCUT2D eigenvalue weighted by Gasteiger charge is 2.36. The molecule has 1 aliphatic heterocycles. The number of nitrogens with one attached hydrogen (secondary N) is 1. The maximum absolute atomic E-state index is 13.2. The van der Waals surface area contributed by atoms with Crippen LogP contribution in [-0.4, -0.2) is 52.5 Å². The maximum atomic E-state index is 13.2. The van der Waals surface area contributed by atoms with Gasteiger partial charge in [-0.25, -0.2) is 8.42 Å². The van der Waals surface area contributed by atoms with Crippen LogP contribution in [-0.2, 0) is 23.6 Å². The monoisotopic (exact) mass is 456 g/mol. The second-order valence-electron chi connectivity index (χ2n) is 8.36. The minimum atomic E-state index is -3.75. The van der Waals surface area contributed by atoms with Gasteiger partial charge >= 0.3 is 0 Å². The van der Waals surface area contributed by atoms with E-state index in [2.05, 4.69) is 10.3 Å². The van der Waals surface area contributed by atoms with Gasteiger partial charge in [-0.05, 0) is 49.9 Å². The highest BCUT2D eigenvalue weighted by molar-refractivity contribution is 7.89. The summed E-state index contributed by atoms with van der Waals surface area (Å²) in [5.41, 5.74) is 2.57. The quantitative estimate of drug-likeness (QED) is 0.592. The van der Waals surface area contributed by atoms with Gasteiger partial charge in [-0.3, -0.25) is 9.78 Å². The lowest BCUT2D eigenvalue weighted by Gasteiger charge is -2.17. The Morgan fingerprint density at radius 1 is 1.31 bits per heavy atom. The maximum Gasteiger partial charge on any atom is 0.268 e. The van der Waals surface area contributed by atoms with Gasteiger partial charge in [0.25, 0.3) is 5.91 Å². The zero-order valence-electron chi connectivity index (χ0n) is 18.4. The van der Waals surface area contributed by atoms with Crippen molar-refractivity contribution < 1.29 is 18.3 Å². The Hall–Kier alpha value is -2.75. The number of benzene rings is 1. The van der Waals surface area contributed by atoms with Crippen molar-refractivity contribution in [2.75, 3.05) is 13.1 Å². The number of rotatable bonds is 6. The van der Waals surface area contributed by atoms with Crippen molar-refractivity contribution in [3.05, 3.63) is 59.5 Å². The van der Waals surface area contributed by atoms with E-state index in [9.17, 15) is 18.3 Å². The van der Waals surface area contributed by atoms with Gasteiger partial charge in [0.15, 0.2) is 0 Å². The smallest absolute Gasteiger partial charge is 0.268 e. The summed E-state index contributed by atoms with van der Waals surface area (Å²) >= 11 is 0. The predicted octanol–water partition coefficient (Wildman–Crippen LogP) is 2.20. The summed E-state index contributed by atoms with van der Waals surface area (Å²) in [5.74, 6) is -0.423. The molecule has 0 bridgehead atoms. The molecular formula is C23H28N4O4S. The molecule has 2 aromatic heterocycles. The first kappa shape index (κ1) is 22.4. The van der Waals surface area contributed by atoms with Crippen LogP contribution in [0, 0.1) is 12.8 Å². The van der Waals surface area contributed by atoms with Gasteiger partial charge in [0.1, 0.15) is 10.6 Å². The molecule has 1 saturated heterocycles. The highest BCUT2D eigenvalue weighted by Crippen LogP contribution is 2.29. The summed E-state index contributed by atoms with van der Waals surface area (Å²) in [6.45, 7) is 4.33. The van der Waals surface area contributed by atoms with E-state index >= 15 is 0 Å². The summed E-state index contributed by atoms with van der Waals surface area (Å²) in [6.07, 6.45) is 1.79.